The van der Waals surface area contributed by atoms with E-state index >= 15 is 0 Å². The number of hydrogen-bond donors (Lipinski definition) is 0. The Morgan fingerprint density at radius 2 is 0.450 bits per heavy atom. The lowest BCUT2D eigenvalue weighted by Gasteiger charge is -2.18. The monoisotopic (exact) mass is 1120 g/mol. The molecule has 0 rings (SSSR count). The third-order valence-electron chi connectivity index (χ3n) is 15.7. The van der Waals surface area contributed by atoms with Crippen LogP contribution < -0.4 is 0 Å². The van der Waals surface area contributed by atoms with Crippen LogP contribution in [0.25, 0.3) is 0 Å². The summed E-state index contributed by atoms with van der Waals surface area (Å²) in [6, 6.07) is 0. The fraction of sp³-hybridized carbons (Fsp3) is 0.824. The summed E-state index contributed by atoms with van der Waals surface area (Å²) in [7, 11) is 0. The van der Waals surface area contributed by atoms with Gasteiger partial charge < -0.3 is 14.2 Å². The molecule has 6 heteroatoms. The maximum atomic E-state index is 12.9. The van der Waals surface area contributed by atoms with E-state index in [4.69, 9.17) is 14.2 Å². The fourth-order valence-electron chi connectivity index (χ4n) is 10.4. The second kappa shape index (κ2) is 68.6. The topological polar surface area (TPSA) is 78.9 Å². The lowest BCUT2D eigenvalue weighted by molar-refractivity contribution is -0.167. The highest BCUT2D eigenvalue weighted by Gasteiger charge is 2.19. The molecule has 0 aromatic carbocycles. The van der Waals surface area contributed by atoms with E-state index in [1.807, 2.05) is 0 Å². The van der Waals surface area contributed by atoms with Crippen LogP contribution in [0, 0.1) is 0 Å². The molecule has 0 saturated heterocycles. The molecule has 0 aliphatic carbocycles. The normalized spacial score (nSPS) is 12.4. The van der Waals surface area contributed by atoms with Crippen molar-refractivity contribution in [3.8, 4) is 0 Å². The van der Waals surface area contributed by atoms with Gasteiger partial charge in [-0.25, -0.2) is 0 Å². The molecule has 0 aliphatic rings. The molecular formula is C74H134O6. The van der Waals surface area contributed by atoms with Crippen molar-refractivity contribution in [3.63, 3.8) is 0 Å². The average molecular weight is 1120 g/mol. The number of rotatable bonds is 65. The van der Waals surface area contributed by atoms with Gasteiger partial charge in [0.15, 0.2) is 6.10 Å². The maximum absolute atomic E-state index is 12.9. The second-order valence-electron chi connectivity index (χ2n) is 23.8. The molecule has 80 heavy (non-hydrogen) atoms. The standard InChI is InChI=1S/C74H134O6/c1-4-7-10-13-16-19-22-25-28-31-33-34-35-36-37-38-39-40-42-43-46-49-52-55-58-61-64-67-73(76)79-70-71(69-78-72(75)66-63-60-57-54-51-48-45-30-27-24-21-18-15-12-9-6-3)80-74(77)68-65-62-59-56-53-50-47-44-41-32-29-26-23-20-17-14-11-8-5-2/h17,20,22,25-26,29,31,33,41,44,71H,4-16,18-19,21,23-24,27-28,30,32,34-40,42-43,45-70H2,1-3H3/b20-17-,25-22-,29-26-,33-31-,44-41-. The van der Waals surface area contributed by atoms with Crippen LogP contribution in [-0.2, 0) is 28.6 Å². The molecule has 1 unspecified atom stereocenters. The Balaban J connectivity index is 4.29. The average Bonchev–Trinajstić information content (AvgIpc) is 3.46. The van der Waals surface area contributed by atoms with E-state index < -0.39 is 6.10 Å². The van der Waals surface area contributed by atoms with Crippen molar-refractivity contribution in [2.45, 2.75) is 380 Å². The van der Waals surface area contributed by atoms with Gasteiger partial charge in [-0.2, -0.15) is 0 Å². The molecule has 0 radical (unpaired) electrons. The molecule has 6 nitrogen and oxygen atoms in total. The minimum Gasteiger partial charge on any atom is -0.462 e. The highest BCUT2D eigenvalue weighted by Crippen LogP contribution is 2.18. The van der Waals surface area contributed by atoms with Crippen molar-refractivity contribution in [2.24, 2.45) is 0 Å². The summed E-state index contributed by atoms with van der Waals surface area (Å²) in [5, 5.41) is 0. The highest BCUT2D eigenvalue weighted by atomic mass is 16.6. The van der Waals surface area contributed by atoms with Crippen molar-refractivity contribution in [3.05, 3.63) is 60.8 Å². The molecule has 0 aliphatic heterocycles. The van der Waals surface area contributed by atoms with E-state index in [1.54, 1.807) is 0 Å². The van der Waals surface area contributed by atoms with Crippen LogP contribution in [-0.4, -0.2) is 37.2 Å². The van der Waals surface area contributed by atoms with Crippen LogP contribution in [0.4, 0.5) is 0 Å². The highest BCUT2D eigenvalue weighted by molar-refractivity contribution is 5.71. The molecule has 1 atom stereocenters. The first-order valence-corrected chi connectivity index (χ1v) is 35.3. The number of carbonyl (C=O) groups is 3. The fourth-order valence-corrected chi connectivity index (χ4v) is 10.4. The quantitative estimate of drug-likeness (QED) is 0.0261. The summed E-state index contributed by atoms with van der Waals surface area (Å²) in [6.45, 7) is 6.65. The van der Waals surface area contributed by atoms with Crippen LogP contribution in [0.5, 0.6) is 0 Å². The van der Waals surface area contributed by atoms with E-state index in [-0.39, 0.29) is 31.1 Å². The smallest absolute Gasteiger partial charge is 0.306 e. The van der Waals surface area contributed by atoms with E-state index in [2.05, 4.69) is 81.5 Å². The van der Waals surface area contributed by atoms with E-state index in [9.17, 15) is 14.4 Å². The molecule has 0 heterocycles. The van der Waals surface area contributed by atoms with Gasteiger partial charge in [-0.15, -0.1) is 0 Å². The van der Waals surface area contributed by atoms with Crippen molar-refractivity contribution in [2.75, 3.05) is 13.2 Å². The van der Waals surface area contributed by atoms with Crippen molar-refractivity contribution < 1.29 is 28.6 Å². The van der Waals surface area contributed by atoms with Crippen LogP contribution in [0.1, 0.15) is 374 Å². The summed E-state index contributed by atoms with van der Waals surface area (Å²) < 4.78 is 17.0. The molecule has 0 spiro atoms. The zero-order valence-corrected chi connectivity index (χ0v) is 53.6. The molecule has 0 bridgehead atoms. The van der Waals surface area contributed by atoms with Gasteiger partial charge in [-0.1, -0.05) is 326 Å². The van der Waals surface area contributed by atoms with Gasteiger partial charge in [0.25, 0.3) is 0 Å². The van der Waals surface area contributed by atoms with Gasteiger partial charge in [-0.05, 0) is 89.9 Å². The molecule has 0 aromatic heterocycles. The Labute approximate surface area is 498 Å². The van der Waals surface area contributed by atoms with Gasteiger partial charge in [-0.3, -0.25) is 14.4 Å². The zero-order valence-electron chi connectivity index (χ0n) is 53.6. The van der Waals surface area contributed by atoms with Crippen molar-refractivity contribution in [1.29, 1.82) is 0 Å². The largest absolute Gasteiger partial charge is 0.462 e. The Bertz CT molecular complexity index is 1430. The number of carbonyl (C=O) groups excluding carboxylic acids is 3. The Hall–Kier alpha value is -2.89. The first-order valence-electron chi connectivity index (χ1n) is 35.3. The molecule has 0 amide bonds. The summed E-state index contributed by atoms with van der Waals surface area (Å²) in [5.74, 6) is -0.863. The third-order valence-corrected chi connectivity index (χ3v) is 15.7. The molecule has 0 fully saturated rings. The number of esters is 3. The zero-order chi connectivity index (χ0) is 57.8. The van der Waals surface area contributed by atoms with Crippen molar-refractivity contribution in [1.82, 2.24) is 0 Å². The van der Waals surface area contributed by atoms with Crippen LogP contribution in [0.15, 0.2) is 60.8 Å². The molecule has 0 saturated carbocycles. The molecule has 0 aromatic rings. The van der Waals surface area contributed by atoms with Gasteiger partial charge in [0.1, 0.15) is 13.2 Å². The Kier molecular flexibility index (Phi) is 66.1. The lowest BCUT2D eigenvalue weighted by Crippen LogP contribution is -2.30. The lowest BCUT2D eigenvalue weighted by atomic mass is 10.0. The van der Waals surface area contributed by atoms with Gasteiger partial charge in [0, 0.05) is 19.3 Å². The number of allylic oxidation sites excluding steroid dienone is 10. The molecule has 466 valence electrons. The summed E-state index contributed by atoms with van der Waals surface area (Å²) >= 11 is 0. The number of unbranched alkanes of at least 4 members (excludes halogenated alkanes) is 44. The van der Waals surface area contributed by atoms with E-state index in [0.717, 1.165) is 83.5 Å². The molecular weight excluding hydrogens is 985 g/mol. The summed E-state index contributed by atoms with van der Waals surface area (Å²) in [4.78, 5) is 38.4. The first kappa shape index (κ1) is 77.1. The van der Waals surface area contributed by atoms with Gasteiger partial charge in [0.05, 0.1) is 0 Å². The third kappa shape index (κ3) is 65.9. The Morgan fingerprint density at radius 3 is 0.725 bits per heavy atom. The first-order chi connectivity index (χ1) is 39.5. The van der Waals surface area contributed by atoms with Crippen LogP contribution in [0.3, 0.4) is 0 Å². The van der Waals surface area contributed by atoms with Gasteiger partial charge >= 0.3 is 17.9 Å². The van der Waals surface area contributed by atoms with Crippen molar-refractivity contribution >= 4 is 17.9 Å². The summed E-state index contributed by atoms with van der Waals surface area (Å²) in [5.41, 5.74) is 0. The summed E-state index contributed by atoms with van der Waals surface area (Å²) in [6.07, 6.45) is 88.1. The predicted molar refractivity (Wildman–Crippen MR) is 348 cm³/mol. The SMILES string of the molecule is CCCCC/C=C\C/C=C\C/C=C\CCCCCCCCC(=O)OC(COC(=O)CCCCCCCCCCCCCCCCCC)COC(=O)CCCCCCCCCCCCCCCCC/C=C\C/C=C\CCCCCCC. The maximum Gasteiger partial charge on any atom is 0.306 e. The number of ether oxygens (including phenoxy) is 3. The van der Waals surface area contributed by atoms with E-state index in [1.165, 1.54) is 250 Å². The van der Waals surface area contributed by atoms with Crippen LogP contribution in [0.2, 0.25) is 0 Å². The van der Waals surface area contributed by atoms with Gasteiger partial charge in [0.2, 0.25) is 0 Å². The van der Waals surface area contributed by atoms with Crippen LogP contribution >= 0.6 is 0 Å². The molecule has 0 N–H and O–H groups in total. The minimum absolute atomic E-state index is 0.0751. The minimum atomic E-state index is -0.781. The Morgan fingerprint density at radius 1 is 0.250 bits per heavy atom. The second-order valence-corrected chi connectivity index (χ2v) is 23.8. The predicted octanol–water partition coefficient (Wildman–Crippen LogP) is 24.3. The van der Waals surface area contributed by atoms with E-state index in [0.29, 0.717) is 19.3 Å². The number of hydrogen-bond acceptors (Lipinski definition) is 6.